The van der Waals surface area contributed by atoms with Gasteiger partial charge in [-0.05, 0) is 30.5 Å². The Morgan fingerprint density at radius 1 is 1.64 bits per heavy atom. The minimum Gasteiger partial charge on any atom is -0.371 e. The molecule has 1 aliphatic heterocycles. The number of nitrogens with one attached hydrogen (secondary N) is 1. The highest BCUT2D eigenvalue weighted by molar-refractivity contribution is 7.10. The summed E-state index contributed by atoms with van der Waals surface area (Å²) in [6, 6.07) is 2.26. The predicted molar refractivity (Wildman–Crippen MR) is 60.0 cm³/mol. The van der Waals surface area contributed by atoms with E-state index in [1.165, 1.54) is 16.9 Å². The van der Waals surface area contributed by atoms with Gasteiger partial charge in [-0.3, -0.25) is 0 Å². The highest BCUT2D eigenvalue weighted by Crippen LogP contribution is 2.38. The van der Waals surface area contributed by atoms with E-state index < -0.39 is 0 Å². The second-order valence-electron chi connectivity index (χ2n) is 3.73. The van der Waals surface area contributed by atoms with Gasteiger partial charge < -0.3 is 10.1 Å². The maximum absolute atomic E-state index is 5.85. The first kappa shape index (κ1) is 10.1. The van der Waals surface area contributed by atoms with E-state index in [-0.39, 0.29) is 6.10 Å². The molecule has 0 aromatic carbocycles. The Kier molecular flexibility index (Phi) is 3.21. The summed E-state index contributed by atoms with van der Waals surface area (Å²) in [4.78, 5) is 1.43. The van der Waals surface area contributed by atoms with Gasteiger partial charge in [-0.25, -0.2) is 0 Å². The Morgan fingerprint density at radius 3 is 3.21 bits per heavy atom. The lowest BCUT2D eigenvalue weighted by molar-refractivity contribution is 0.0313. The summed E-state index contributed by atoms with van der Waals surface area (Å²) in [5.74, 6) is 0.615. The third-order valence-electron chi connectivity index (χ3n) is 2.84. The topological polar surface area (TPSA) is 21.3 Å². The molecule has 2 atom stereocenters. The Hall–Kier alpha value is -0.380. The number of ether oxygens (including phenoxy) is 1. The molecule has 0 radical (unpaired) electrons. The SMILES string of the molecule is CC[C@H]1CO[C@H](CNC)c2sccc21. The molecular formula is C11H17NOS. The third-order valence-corrected chi connectivity index (χ3v) is 3.86. The Balaban J connectivity index is 2.23. The maximum atomic E-state index is 5.85. The average Bonchev–Trinajstić information content (AvgIpc) is 2.67. The van der Waals surface area contributed by atoms with Gasteiger partial charge in [0.05, 0.1) is 6.61 Å². The van der Waals surface area contributed by atoms with Gasteiger partial charge in [-0.1, -0.05) is 6.92 Å². The van der Waals surface area contributed by atoms with Crippen molar-refractivity contribution in [1.82, 2.24) is 5.32 Å². The van der Waals surface area contributed by atoms with Crippen LogP contribution in [-0.2, 0) is 4.74 Å². The Morgan fingerprint density at radius 2 is 2.50 bits per heavy atom. The van der Waals surface area contributed by atoms with E-state index in [1.54, 1.807) is 0 Å². The molecule has 0 unspecified atom stereocenters. The molecule has 2 nitrogen and oxygen atoms in total. The smallest absolute Gasteiger partial charge is 0.104 e. The minimum atomic E-state index is 0.276. The summed E-state index contributed by atoms with van der Waals surface area (Å²) in [5, 5.41) is 5.37. The average molecular weight is 211 g/mol. The summed E-state index contributed by atoms with van der Waals surface area (Å²) in [6.45, 7) is 4.03. The van der Waals surface area contributed by atoms with Crippen LogP contribution < -0.4 is 5.32 Å². The molecule has 0 bridgehead atoms. The standard InChI is InChI=1S/C11H17NOS/c1-3-8-7-13-10(6-12-2)11-9(8)4-5-14-11/h4-5,8,10,12H,3,6-7H2,1-2H3/t8-,10+/m0/s1. The second kappa shape index (κ2) is 4.43. The molecule has 0 saturated heterocycles. The second-order valence-corrected chi connectivity index (χ2v) is 4.67. The zero-order chi connectivity index (χ0) is 9.97. The van der Waals surface area contributed by atoms with E-state index in [2.05, 4.69) is 23.7 Å². The fourth-order valence-electron chi connectivity index (χ4n) is 2.00. The summed E-state index contributed by atoms with van der Waals surface area (Å²) >= 11 is 1.83. The van der Waals surface area contributed by atoms with Gasteiger partial charge in [0, 0.05) is 17.3 Å². The Bertz CT molecular complexity index is 297. The van der Waals surface area contributed by atoms with Gasteiger partial charge >= 0.3 is 0 Å². The highest BCUT2D eigenvalue weighted by Gasteiger charge is 2.27. The predicted octanol–water partition coefficient (Wildman–Crippen LogP) is 2.53. The molecular weight excluding hydrogens is 194 g/mol. The fourth-order valence-corrected chi connectivity index (χ4v) is 3.04. The maximum Gasteiger partial charge on any atom is 0.104 e. The molecule has 0 spiro atoms. The molecule has 0 fully saturated rings. The molecule has 0 saturated carbocycles. The summed E-state index contributed by atoms with van der Waals surface area (Å²) in [7, 11) is 1.97. The molecule has 2 heterocycles. The number of fused-ring (bicyclic) bond motifs is 1. The molecule has 0 amide bonds. The van der Waals surface area contributed by atoms with Crippen LogP contribution >= 0.6 is 11.3 Å². The van der Waals surface area contributed by atoms with E-state index in [0.717, 1.165) is 13.2 Å². The van der Waals surface area contributed by atoms with Crippen molar-refractivity contribution >= 4 is 11.3 Å². The molecule has 78 valence electrons. The van der Waals surface area contributed by atoms with Crippen LogP contribution in [0, 0.1) is 0 Å². The van der Waals surface area contributed by atoms with E-state index in [1.807, 2.05) is 18.4 Å². The van der Waals surface area contributed by atoms with Crippen LogP contribution in [0.3, 0.4) is 0 Å². The zero-order valence-corrected chi connectivity index (χ0v) is 9.56. The summed E-state index contributed by atoms with van der Waals surface area (Å²) < 4.78 is 5.85. The van der Waals surface area contributed by atoms with E-state index in [0.29, 0.717) is 5.92 Å². The van der Waals surface area contributed by atoms with Crippen molar-refractivity contribution in [3.8, 4) is 0 Å². The zero-order valence-electron chi connectivity index (χ0n) is 8.75. The molecule has 14 heavy (non-hydrogen) atoms. The molecule has 0 aliphatic carbocycles. The van der Waals surface area contributed by atoms with Gasteiger partial charge in [-0.2, -0.15) is 0 Å². The molecule has 1 aromatic rings. The van der Waals surface area contributed by atoms with E-state index in [9.17, 15) is 0 Å². The molecule has 1 aromatic heterocycles. The first-order valence-corrected chi connectivity index (χ1v) is 6.08. The van der Waals surface area contributed by atoms with Gasteiger partial charge in [0.1, 0.15) is 6.10 Å². The summed E-state index contributed by atoms with van der Waals surface area (Å²) in [6.07, 6.45) is 1.45. The largest absolute Gasteiger partial charge is 0.371 e. The van der Waals surface area contributed by atoms with E-state index in [4.69, 9.17) is 4.74 Å². The van der Waals surface area contributed by atoms with Crippen molar-refractivity contribution in [2.24, 2.45) is 0 Å². The van der Waals surface area contributed by atoms with Crippen LogP contribution in [0.5, 0.6) is 0 Å². The summed E-state index contributed by atoms with van der Waals surface area (Å²) in [5.41, 5.74) is 1.52. The van der Waals surface area contributed by atoms with Crippen LogP contribution in [-0.4, -0.2) is 20.2 Å². The monoisotopic (exact) mass is 211 g/mol. The van der Waals surface area contributed by atoms with Gasteiger partial charge in [0.25, 0.3) is 0 Å². The van der Waals surface area contributed by atoms with Crippen molar-refractivity contribution in [2.75, 3.05) is 20.2 Å². The number of hydrogen-bond donors (Lipinski definition) is 1. The lowest BCUT2D eigenvalue weighted by Crippen LogP contribution is -2.26. The molecule has 3 heteroatoms. The van der Waals surface area contributed by atoms with Crippen LogP contribution in [0.1, 0.15) is 35.8 Å². The van der Waals surface area contributed by atoms with E-state index >= 15 is 0 Å². The quantitative estimate of drug-likeness (QED) is 0.829. The molecule has 1 aliphatic rings. The molecule has 1 N–H and O–H groups in total. The van der Waals surface area contributed by atoms with Crippen molar-refractivity contribution in [3.05, 3.63) is 21.9 Å². The highest BCUT2D eigenvalue weighted by atomic mass is 32.1. The first-order valence-electron chi connectivity index (χ1n) is 5.20. The lowest BCUT2D eigenvalue weighted by Gasteiger charge is -2.28. The van der Waals surface area contributed by atoms with Crippen LogP contribution in [0.15, 0.2) is 11.4 Å². The van der Waals surface area contributed by atoms with Crippen LogP contribution in [0.4, 0.5) is 0 Å². The lowest BCUT2D eigenvalue weighted by atomic mass is 9.94. The molecule has 2 rings (SSSR count). The van der Waals surface area contributed by atoms with Crippen LogP contribution in [0.2, 0.25) is 0 Å². The normalized spacial score (nSPS) is 26.1. The van der Waals surface area contributed by atoms with Crippen molar-refractivity contribution in [3.63, 3.8) is 0 Å². The fraction of sp³-hybridized carbons (Fsp3) is 0.636. The third kappa shape index (κ3) is 1.72. The number of likely N-dealkylation sites (N-methyl/N-ethyl adjacent to an activating group) is 1. The van der Waals surface area contributed by atoms with Gasteiger partial charge in [0.2, 0.25) is 0 Å². The van der Waals surface area contributed by atoms with Crippen molar-refractivity contribution in [1.29, 1.82) is 0 Å². The minimum absolute atomic E-state index is 0.276. The Labute approximate surface area is 89.3 Å². The van der Waals surface area contributed by atoms with Crippen LogP contribution in [0.25, 0.3) is 0 Å². The number of thiophene rings is 1. The van der Waals surface area contributed by atoms with Crippen molar-refractivity contribution < 1.29 is 4.74 Å². The number of hydrogen-bond acceptors (Lipinski definition) is 3. The van der Waals surface area contributed by atoms with Gasteiger partial charge in [0.15, 0.2) is 0 Å². The first-order chi connectivity index (χ1) is 6.86. The number of rotatable bonds is 3. The van der Waals surface area contributed by atoms with Gasteiger partial charge in [-0.15, -0.1) is 11.3 Å². The van der Waals surface area contributed by atoms with Crippen molar-refractivity contribution in [2.45, 2.75) is 25.4 Å².